The van der Waals surface area contributed by atoms with Gasteiger partial charge in [0.2, 0.25) is 10.0 Å². The largest absolute Gasteiger partial charge is 0.478 e. The van der Waals surface area contributed by atoms with Crippen LogP contribution >= 0.6 is 0 Å². The summed E-state index contributed by atoms with van der Waals surface area (Å²) in [5, 5.41) is 8.52. The van der Waals surface area contributed by atoms with Crippen LogP contribution < -0.4 is 4.72 Å². The molecule has 0 amide bonds. The molecule has 1 aliphatic rings. The molecule has 1 fully saturated rings. The molecular weight excluding hydrogens is 278 g/mol. The van der Waals surface area contributed by atoms with Crippen LogP contribution in [-0.2, 0) is 21.4 Å². The summed E-state index contributed by atoms with van der Waals surface area (Å²) >= 11 is 0. The molecule has 1 aromatic carbocycles. The third-order valence-electron chi connectivity index (χ3n) is 3.05. The van der Waals surface area contributed by atoms with Crippen molar-refractivity contribution in [1.82, 2.24) is 4.72 Å². The number of hydrogen-bond acceptors (Lipinski definition) is 3. The van der Waals surface area contributed by atoms with Crippen molar-refractivity contribution in [2.24, 2.45) is 5.92 Å². The van der Waals surface area contributed by atoms with Gasteiger partial charge in [-0.25, -0.2) is 17.9 Å². The first-order chi connectivity index (χ1) is 9.44. The SMILES string of the molecule is O=C(O)C=Cc1ccc(CNS(=O)(=O)CC2CC2)cc1. The number of benzene rings is 1. The topological polar surface area (TPSA) is 83.5 Å². The molecule has 0 atom stereocenters. The lowest BCUT2D eigenvalue weighted by molar-refractivity contribution is -0.131. The Kier molecular flexibility index (Phi) is 4.57. The smallest absolute Gasteiger partial charge is 0.328 e. The predicted molar refractivity (Wildman–Crippen MR) is 76.5 cm³/mol. The van der Waals surface area contributed by atoms with Crippen molar-refractivity contribution in [2.45, 2.75) is 19.4 Å². The molecule has 1 aliphatic carbocycles. The molecule has 5 nitrogen and oxygen atoms in total. The van der Waals surface area contributed by atoms with E-state index in [9.17, 15) is 13.2 Å². The summed E-state index contributed by atoms with van der Waals surface area (Å²) in [6.45, 7) is 0.262. The second kappa shape index (κ2) is 6.19. The Bertz CT molecular complexity index is 601. The molecule has 0 aliphatic heterocycles. The Balaban J connectivity index is 1.88. The zero-order valence-corrected chi connectivity index (χ0v) is 11.8. The van der Waals surface area contributed by atoms with Crippen LogP contribution in [0.25, 0.3) is 6.08 Å². The lowest BCUT2D eigenvalue weighted by Crippen LogP contribution is -2.26. The molecule has 0 heterocycles. The number of hydrogen-bond donors (Lipinski definition) is 2. The van der Waals surface area contributed by atoms with Crippen molar-refractivity contribution in [1.29, 1.82) is 0 Å². The molecule has 6 heteroatoms. The molecule has 2 N–H and O–H groups in total. The summed E-state index contributed by atoms with van der Waals surface area (Å²) in [5.41, 5.74) is 1.61. The van der Waals surface area contributed by atoms with Crippen molar-refractivity contribution in [3.05, 3.63) is 41.5 Å². The van der Waals surface area contributed by atoms with Crippen molar-refractivity contribution in [2.75, 3.05) is 5.75 Å². The van der Waals surface area contributed by atoms with E-state index in [4.69, 9.17) is 5.11 Å². The van der Waals surface area contributed by atoms with Gasteiger partial charge in [-0.2, -0.15) is 0 Å². The summed E-state index contributed by atoms with van der Waals surface area (Å²) in [4.78, 5) is 10.4. The summed E-state index contributed by atoms with van der Waals surface area (Å²) in [7, 11) is -3.19. The molecule has 1 saturated carbocycles. The van der Waals surface area contributed by atoms with Gasteiger partial charge in [-0.1, -0.05) is 24.3 Å². The second-order valence-corrected chi connectivity index (χ2v) is 6.81. The maximum Gasteiger partial charge on any atom is 0.328 e. The zero-order chi connectivity index (χ0) is 14.6. The monoisotopic (exact) mass is 295 g/mol. The molecular formula is C14H17NO4S. The lowest BCUT2D eigenvalue weighted by Gasteiger charge is -2.06. The molecule has 2 rings (SSSR count). The van der Waals surface area contributed by atoms with Crippen LogP contribution in [0.3, 0.4) is 0 Å². The van der Waals surface area contributed by atoms with Crippen LogP contribution in [0.5, 0.6) is 0 Å². The van der Waals surface area contributed by atoms with E-state index in [0.717, 1.165) is 30.0 Å². The first kappa shape index (κ1) is 14.7. The normalized spacial score (nSPS) is 15.6. The van der Waals surface area contributed by atoms with E-state index in [0.29, 0.717) is 5.92 Å². The first-order valence-corrected chi connectivity index (χ1v) is 8.07. The number of aliphatic carboxylic acids is 1. The zero-order valence-electron chi connectivity index (χ0n) is 11.0. The van der Waals surface area contributed by atoms with Crippen LogP contribution in [0.2, 0.25) is 0 Å². The minimum Gasteiger partial charge on any atom is -0.478 e. The first-order valence-electron chi connectivity index (χ1n) is 6.42. The molecule has 1 aromatic rings. The van der Waals surface area contributed by atoms with Crippen LogP contribution in [0, 0.1) is 5.92 Å². The molecule has 0 aromatic heterocycles. The Morgan fingerprint density at radius 3 is 2.50 bits per heavy atom. The Morgan fingerprint density at radius 1 is 1.30 bits per heavy atom. The minimum absolute atomic E-state index is 0.215. The number of carbonyl (C=O) groups is 1. The second-order valence-electron chi connectivity index (χ2n) is 4.96. The fourth-order valence-corrected chi connectivity index (χ4v) is 3.22. The van der Waals surface area contributed by atoms with Crippen molar-refractivity contribution >= 4 is 22.1 Å². The quantitative estimate of drug-likeness (QED) is 0.749. The Labute approximate surface area is 118 Å². The molecule has 20 heavy (non-hydrogen) atoms. The van der Waals surface area contributed by atoms with E-state index in [1.165, 1.54) is 6.08 Å². The van der Waals surface area contributed by atoms with E-state index < -0.39 is 16.0 Å². The van der Waals surface area contributed by atoms with Crippen molar-refractivity contribution < 1.29 is 18.3 Å². The Hall–Kier alpha value is -1.66. The van der Waals surface area contributed by atoms with Gasteiger partial charge in [0.25, 0.3) is 0 Å². The highest BCUT2D eigenvalue weighted by Gasteiger charge is 2.27. The van der Waals surface area contributed by atoms with Gasteiger partial charge in [0.15, 0.2) is 0 Å². The molecule has 0 unspecified atom stereocenters. The number of carboxylic acid groups (broad SMARTS) is 1. The number of sulfonamides is 1. The maximum atomic E-state index is 11.7. The fourth-order valence-electron chi connectivity index (χ4n) is 1.76. The highest BCUT2D eigenvalue weighted by atomic mass is 32.2. The van der Waals surface area contributed by atoms with Crippen LogP contribution in [0.1, 0.15) is 24.0 Å². The number of nitrogens with one attached hydrogen (secondary N) is 1. The third kappa shape index (κ3) is 5.14. The summed E-state index contributed by atoms with van der Waals surface area (Å²) in [5.74, 6) is -0.454. The summed E-state index contributed by atoms with van der Waals surface area (Å²) < 4.78 is 26.0. The van der Waals surface area contributed by atoms with Gasteiger partial charge in [0.1, 0.15) is 0 Å². The average molecular weight is 295 g/mol. The van der Waals surface area contributed by atoms with Gasteiger partial charge in [-0.05, 0) is 36.0 Å². The maximum absolute atomic E-state index is 11.7. The van der Waals surface area contributed by atoms with Crippen molar-refractivity contribution in [3.8, 4) is 0 Å². The minimum atomic E-state index is -3.19. The van der Waals surface area contributed by atoms with Crippen molar-refractivity contribution in [3.63, 3.8) is 0 Å². The van der Waals surface area contributed by atoms with Crippen LogP contribution in [0.15, 0.2) is 30.3 Å². The van der Waals surface area contributed by atoms with Gasteiger partial charge in [0, 0.05) is 12.6 Å². The standard InChI is InChI=1S/C14H17NO4S/c16-14(17)8-7-11-1-3-12(4-2-11)9-15-20(18,19)10-13-5-6-13/h1-4,7-8,13,15H,5-6,9-10H2,(H,16,17). The molecule has 0 bridgehead atoms. The van der Waals surface area contributed by atoms with Gasteiger partial charge >= 0.3 is 5.97 Å². The van der Waals surface area contributed by atoms with E-state index in [1.807, 2.05) is 0 Å². The van der Waals surface area contributed by atoms with E-state index >= 15 is 0 Å². The van der Waals surface area contributed by atoms with Gasteiger partial charge in [-0.15, -0.1) is 0 Å². The number of carboxylic acids is 1. The molecule has 0 radical (unpaired) electrons. The highest BCUT2D eigenvalue weighted by Crippen LogP contribution is 2.29. The Morgan fingerprint density at radius 2 is 1.95 bits per heavy atom. The molecule has 0 saturated heterocycles. The van der Waals surface area contributed by atoms with Gasteiger partial charge in [-0.3, -0.25) is 0 Å². The van der Waals surface area contributed by atoms with Crippen LogP contribution in [0.4, 0.5) is 0 Å². The number of rotatable bonds is 7. The predicted octanol–water partition coefficient (Wildman–Crippen LogP) is 1.61. The van der Waals surface area contributed by atoms with E-state index in [2.05, 4.69) is 4.72 Å². The summed E-state index contributed by atoms with van der Waals surface area (Å²) in [6.07, 6.45) is 4.56. The fraction of sp³-hybridized carbons (Fsp3) is 0.357. The van der Waals surface area contributed by atoms with E-state index in [-0.39, 0.29) is 12.3 Å². The van der Waals surface area contributed by atoms with E-state index in [1.54, 1.807) is 24.3 Å². The summed E-state index contributed by atoms with van der Waals surface area (Å²) in [6, 6.07) is 7.07. The molecule has 0 spiro atoms. The highest BCUT2D eigenvalue weighted by molar-refractivity contribution is 7.89. The lowest BCUT2D eigenvalue weighted by atomic mass is 10.1. The third-order valence-corrected chi connectivity index (χ3v) is 4.54. The average Bonchev–Trinajstić information content (AvgIpc) is 3.18. The van der Waals surface area contributed by atoms with Gasteiger partial charge < -0.3 is 5.11 Å². The molecule has 108 valence electrons. The van der Waals surface area contributed by atoms with Crippen LogP contribution in [-0.4, -0.2) is 25.2 Å². The van der Waals surface area contributed by atoms with Gasteiger partial charge in [0.05, 0.1) is 5.75 Å².